The van der Waals surface area contributed by atoms with E-state index in [1.807, 2.05) is 24.3 Å². The number of halogens is 1. The van der Waals surface area contributed by atoms with Gasteiger partial charge in [-0.15, -0.1) is 5.10 Å². The predicted octanol–water partition coefficient (Wildman–Crippen LogP) is 2.26. The molecule has 0 aliphatic rings. The van der Waals surface area contributed by atoms with Gasteiger partial charge in [0, 0.05) is 21.4 Å². The summed E-state index contributed by atoms with van der Waals surface area (Å²) < 4.78 is 2.63. The number of nitrogen functional groups attached to an aromatic ring is 2. The highest BCUT2D eigenvalue weighted by Crippen LogP contribution is 2.24. The fourth-order valence-corrected chi connectivity index (χ4v) is 2.19. The Labute approximate surface area is 123 Å². The minimum atomic E-state index is 0.574. The lowest BCUT2D eigenvalue weighted by molar-refractivity contribution is 0.791. The molecule has 6 nitrogen and oxygen atoms in total. The van der Waals surface area contributed by atoms with Crippen LogP contribution >= 0.6 is 15.9 Å². The summed E-state index contributed by atoms with van der Waals surface area (Å²) in [4.78, 5) is 0. The van der Waals surface area contributed by atoms with E-state index < -0.39 is 0 Å². The quantitative estimate of drug-likeness (QED) is 0.702. The first-order chi connectivity index (χ1) is 9.63. The number of anilines is 2. The smallest absolute Gasteiger partial charge is 0.187 e. The van der Waals surface area contributed by atoms with Crippen molar-refractivity contribution < 1.29 is 0 Å². The molecule has 1 heterocycles. The van der Waals surface area contributed by atoms with Gasteiger partial charge in [0.15, 0.2) is 5.82 Å². The Hall–Kier alpha value is -2.41. The average molecular weight is 331 g/mol. The van der Waals surface area contributed by atoms with E-state index in [0.29, 0.717) is 17.2 Å². The summed E-state index contributed by atoms with van der Waals surface area (Å²) in [6.07, 6.45) is 0. The zero-order valence-corrected chi connectivity index (χ0v) is 11.9. The number of benzene rings is 2. The van der Waals surface area contributed by atoms with Crippen molar-refractivity contribution in [1.82, 2.24) is 20.2 Å². The molecule has 0 aliphatic carbocycles. The van der Waals surface area contributed by atoms with Gasteiger partial charge in [0.05, 0.1) is 5.69 Å². The minimum Gasteiger partial charge on any atom is -0.399 e. The first-order valence-electron chi connectivity index (χ1n) is 5.84. The number of rotatable bonds is 2. The van der Waals surface area contributed by atoms with E-state index in [0.717, 1.165) is 15.7 Å². The Morgan fingerprint density at radius 2 is 1.60 bits per heavy atom. The molecule has 0 radical (unpaired) electrons. The van der Waals surface area contributed by atoms with Crippen LogP contribution in [0.4, 0.5) is 11.4 Å². The largest absolute Gasteiger partial charge is 0.399 e. The van der Waals surface area contributed by atoms with Crippen LogP contribution in [0.15, 0.2) is 46.9 Å². The molecule has 4 N–H and O–H groups in total. The maximum Gasteiger partial charge on any atom is 0.187 e. The van der Waals surface area contributed by atoms with E-state index >= 15 is 0 Å². The molecule has 1 aromatic heterocycles. The second-order valence-electron chi connectivity index (χ2n) is 4.28. The topological polar surface area (TPSA) is 95.6 Å². The van der Waals surface area contributed by atoms with Gasteiger partial charge < -0.3 is 11.5 Å². The van der Waals surface area contributed by atoms with E-state index in [4.69, 9.17) is 11.5 Å². The molecule has 2 aromatic carbocycles. The fourth-order valence-electron chi connectivity index (χ4n) is 1.93. The first-order valence-corrected chi connectivity index (χ1v) is 6.63. The van der Waals surface area contributed by atoms with Crippen molar-refractivity contribution in [2.75, 3.05) is 11.5 Å². The summed E-state index contributed by atoms with van der Waals surface area (Å²) in [6, 6.07) is 13.0. The molecule has 0 saturated heterocycles. The van der Waals surface area contributed by atoms with E-state index in [9.17, 15) is 0 Å². The number of tetrazole rings is 1. The van der Waals surface area contributed by atoms with Gasteiger partial charge in [-0.25, -0.2) is 0 Å². The Balaban J connectivity index is 2.12. The van der Waals surface area contributed by atoms with Crippen LogP contribution in [0.2, 0.25) is 0 Å². The molecule has 3 rings (SSSR count). The molecule has 0 saturated carbocycles. The van der Waals surface area contributed by atoms with Gasteiger partial charge in [0.2, 0.25) is 0 Å². The molecule has 0 bridgehead atoms. The van der Waals surface area contributed by atoms with Crippen molar-refractivity contribution in [1.29, 1.82) is 0 Å². The van der Waals surface area contributed by atoms with Crippen LogP contribution in [-0.2, 0) is 0 Å². The number of aromatic nitrogens is 4. The van der Waals surface area contributed by atoms with Crippen molar-refractivity contribution >= 4 is 27.3 Å². The lowest BCUT2D eigenvalue weighted by atomic mass is 10.1. The number of nitrogens with zero attached hydrogens (tertiary/aromatic N) is 4. The second-order valence-corrected chi connectivity index (χ2v) is 5.19. The summed E-state index contributed by atoms with van der Waals surface area (Å²) in [6.45, 7) is 0. The number of hydrogen-bond acceptors (Lipinski definition) is 5. The van der Waals surface area contributed by atoms with Gasteiger partial charge >= 0.3 is 0 Å². The second kappa shape index (κ2) is 4.93. The van der Waals surface area contributed by atoms with Crippen LogP contribution in [0.5, 0.6) is 0 Å². The third-order valence-corrected chi connectivity index (χ3v) is 3.31. The van der Waals surface area contributed by atoms with E-state index in [-0.39, 0.29) is 0 Å². The van der Waals surface area contributed by atoms with Crippen LogP contribution in [0, 0.1) is 0 Å². The highest BCUT2D eigenvalue weighted by molar-refractivity contribution is 9.10. The van der Waals surface area contributed by atoms with Gasteiger partial charge in [0.25, 0.3) is 0 Å². The zero-order valence-electron chi connectivity index (χ0n) is 10.4. The highest BCUT2D eigenvalue weighted by atomic mass is 79.9. The Morgan fingerprint density at radius 1 is 0.950 bits per heavy atom. The summed E-state index contributed by atoms with van der Waals surface area (Å²) in [5.41, 5.74) is 14.4. The van der Waals surface area contributed by atoms with E-state index in [2.05, 4.69) is 31.5 Å². The average Bonchev–Trinajstić information content (AvgIpc) is 2.87. The van der Waals surface area contributed by atoms with Crippen LogP contribution in [0.25, 0.3) is 17.1 Å². The van der Waals surface area contributed by atoms with Gasteiger partial charge in [-0.2, -0.15) is 4.68 Å². The van der Waals surface area contributed by atoms with Crippen molar-refractivity contribution in [3.05, 3.63) is 46.9 Å². The molecule has 0 fully saturated rings. The third-order valence-electron chi connectivity index (χ3n) is 2.78. The van der Waals surface area contributed by atoms with Gasteiger partial charge in [-0.05, 0) is 52.9 Å². The third kappa shape index (κ3) is 2.35. The zero-order chi connectivity index (χ0) is 14.1. The summed E-state index contributed by atoms with van der Waals surface area (Å²) in [7, 11) is 0. The summed E-state index contributed by atoms with van der Waals surface area (Å²) in [5.74, 6) is 0.589. The van der Waals surface area contributed by atoms with Crippen LogP contribution in [0.1, 0.15) is 0 Å². The van der Waals surface area contributed by atoms with Crippen LogP contribution < -0.4 is 11.5 Å². The maximum absolute atomic E-state index is 5.81. The van der Waals surface area contributed by atoms with Gasteiger partial charge in [-0.1, -0.05) is 15.9 Å². The maximum atomic E-state index is 5.81. The SMILES string of the molecule is Nc1cc(N)cc(-c2nnnn2-c2ccc(Br)cc2)c1. The Kier molecular flexibility index (Phi) is 3.11. The molecular weight excluding hydrogens is 320 g/mol. The molecular formula is C13H11BrN6. The van der Waals surface area contributed by atoms with Crippen LogP contribution in [-0.4, -0.2) is 20.2 Å². The van der Waals surface area contributed by atoms with Crippen LogP contribution in [0.3, 0.4) is 0 Å². The number of nitrogens with two attached hydrogens (primary N) is 2. The fraction of sp³-hybridized carbons (Fsp3) is 0. The molecule has 0 unspecified atom stereocenters. The molecule has 0 amide bonds. The highest BCUT2D eigenvalue weighted by Gasteiger charge is 2.11. The lowest BCUT2D eigenvalue weighted by Crippen LogP contribution is -2.00. The predicted molar refractivity (Wildman–Crippen MR) is 81.1 cm³/mol. The first kappa shape index (κ1) is 12.6. The van der Waals surface area contributed by atoms with Crippen molar-refractivity contribution in [2.24, 2.45) is 0 Å². The molecule has 0 atom stereocenters. The molecule has 0 spiro atoms. The molecule has 100 valence electrons. The normalized spacial score (nSPS) is 10.7. The van der Waals surface area contributed by atoms with E-state index in [1.165, 1.54) is 0 Å². The Morgan fingerprint density at radius 3 is 2.25 bits per heavy atom. The number of hydrogen-bond donors (Lipinski definition) is 2. The minimum absolute atomic E-state index is 0.574. The molecule has 7 heteroatoms. The van der Waals surface area contributed by atoms with Gasteiger partial charge in [0.1, 0.15) is 0 Å². The standard InChI is InChI=1S/C13H11BrN6/c14-9-1-3-12(4-2-9)20-13(17-18-19-20)8-5-10(15)7-11(16)6-8/h1-7H,15-16H2. The molecule has 0 aliphatic heterocycles. The molecule has 3 aromatic rings. The van der Waals surface area contributed by atoms with E-state index in [1.54, 1.807) is 22.9 Å². The van der Waals surface area contributed by atoms with Crippen molar-refractivity contribution in [3.8, 4) is 17.1 Å². The van der Waals surface area contributed by atoms with Crippen molar-refractivity contribution in [2.45, 2.75) is 0 Å². The summed E-state index contributed by atoms with van der Waals surface area (Å²) >= 11 is 3.40. The summed E-state index contributed by atoms with van der Waals surface area (Å²) in [5, 5.41) is 11.8. The molecule has 20 heavy (non-hydrogen) atoms. The monoisotopic (exact) mass is 330 g/mol. The van der Waals surface area contributed by atoms with Gasteiger partial charge in [-0.3, -0.25) is 0 Å². The Bertz CT molecular complexity index is 730. The lowest BCUT2D eigenvalue weighted by Gasteiger charge is -2.06. The van der Waals surface area contributed by atoms with Crippen molar-refractivity contribution in [3.63, 3.8) is 0 Å².